The summed E-state index contributed by atoms with van der Waals surface area (Å²) in [7, 11) is -3.25. The number of nitrogens with one attached hydrogen (secondary N) is 2. The van der Waals surface area contributed by atoms with Gasteiger partial charge in [-0.1, -0.05) is 5.92 Å². The van der Waals surface area contributed by atoms with Crippen LogP contribution in [0.15, 0.2) is 0 Å². The second-order valence-electron chi connectivity index (χ2n) is 3.92. The average Bonchev–Trinajstić information content (AvgIpc) is 2.27. The molecule has 1 aliphatic heterocycles. The Kier molecular flexibility index (Phi) is 5.22. The third kappa shape index (κ3) is 4.94. The lowest BCUT2D eigenvalue weighted by Crippen LogP contribution is -2.46. The summed E-state index contributed by atoms with van der Waals surface area (Å²) in [5.41, 5.74) is 0. The van der Waals surface area contributed by atoms with E-state index < -0.39 is 16.1 Å². The SMILES string of the molecule is C#CC(C)NS(=O)(=O)CCN1CCNCC1. The van der Waals surface area contributed by atoms with Gasteiger partial charge in [-0.05, 0) is 6.92 Å². The van der Waals surface area contributed by atoms with Gasteiger partial charge in [0.1, 0.15) is 0 Å². The summed E-state index contributed by atoms with van der Waals surface area (Å²) in [6.45, 7) is 5.87. The molecule has 1 atom stereocenters. The maximum Gasteiger partial charge on any atom is 0.213 e. The fourth-order valence-corrected chi connectivity index (χ4v) is 2.77. The molecule has 2 N–H and O–H groups in total. The van der Waals surface area contributed by atoms with Crippen LogP contribution in [0.1, 0.15) is 6.92 Å². The van der Waals surface area contributed by atoms with Gasteiger partial charge in [-0.3, -0.25) is 4.90 Å². The van der Waals surface area contributed by atoms with E-state index in [4.69, 9.17) is 6.42 Å². The molecule has 0 radical (unpaired) electrons. The van der Waals surface area contributed by atoms with Crippen molar-refractivity contribution in [2.75, 3.05) is 38.5 Å². The van der Waals surface area contributed by atoms with Gasteiger partial charge >= 0.3 is 0 Å². The van der Waals surface area contributed by atoms with Gasteiger partial charge in [0.15, 0.2) is 0 Å². The smallest absolute Gasteiger partial charge is 0.213 e. The largest absolute Gasteiger partial charge is 0.314 e. The van der Waals surface area contributed by atoms with Gasteiger partial charge in [0.25, 0.3) is 0 Å². The molecule has 92 valence electrons. The summed E-state index contributed by atoms with van der Waals surface area (Å²) in [6.07, 6.45) is 5.12. The van der Waals surface area contributed by atoms with E-state index in [-0.39, 0.29) is 5.75 Å². The first-order chi connectivity index (χ1) is 7.53. The topological polar surface area (TPSA) is 61.4 Å². The van der Waals surface area contributed by atoms with Gasteiger partial charge in [0.05, 0.1) is 11.8 Å². The summed E-state index contributed by atoms with van der Waals surface area (Å²) in [4.78, 5) is 2.14. The highest BCUT2D eigenvalue weighted by atomic mass is 32.2. The average molecular weight is 245 g/mol. The molecule has 1 unspecified atom stereocenters. The van der Waals surface area contributed by atoms with E-state index in [1.807, 2.05) is 0 Å². The Bertz CT molecular complexity index is 342. The predicted molar refractivity (Wildman–Crippen MR) is 64.5 cm³/mol. The van der Waals surface area contributed by atoms with E-state index in [2.05, 4.69) is 20.9 Å². The molecular weight excluding hydrogens is 226 g/mol. The van der Waals surface area contributed by atoms with Crippen molar-refractivity contribution in [2.45, 2.75) is 13.0 Å². The van der Waals surface area contributed by atoms with E-state index in [1.54, 1.807) is 6.92 Å². The standard InChI is InChI=1S/C10H19N3O2S/c1-3-10(2)12-16(14,15)9-8-13-6-4-11-5-7-13/h1,10-12H,4-9H2,2H3. The maximum absolute atomic E-state index is 11.6. The van der Waals surface area contributed by atoms with Crippen LogP contribution in [0, 0.1) is 12.3 Å². The zero-order valence-corrected chi connectivity index (χ0v) is 10.4. The Morgan fingerprint density at radius 2 is 2.12 bits per heavy atom. The quantitative estimate of drug-likeness (QED) is 0.599. The summed E-state index contributed by atoms with van der Waals surface area (Å²) >= 11 is 0. The molecule has 0 amide bonds. The fraction of sp³-hybridized carbons (Fsp3) is 0.800. The lowest BCUT2D eigenvalue weighted by molar-refractivity contribution is 0.253. The highest BCUT2D eigenvalue weighted by Gasteiger charge is 2.16. The summed E-state index contributed by atoms with van der Waals surface area (Å²) in [5, 5.41) is 3.22. The minimum absolute atomic E-state index is 0.110. The van der Waals surface area contributed by atoms with Crippen LogP contribution in [-0.2, 0) is 10.0 Å². The molecule has 0 spiro atoms. The first-order valence-corrected chi connectivity index (χ1v) is 7.08. The Labute approximate surface area is 97.6 Å². The molecule has 1 heterocycles. The predicted octanol–water partition coefficient (Wildman–Crippen LogP) is -1.17. The molecule has 0 saturated carbocycles. The van der Waals surface area contributed by atoms with Gasteiger partial charge in [-0.25, -0.2) is 13.1 Å². The minimum atomic E-state index is -3.25. The summed E-state index contributed by atoms with van der Waals surface area (Å²) in [5.74, 6) is 2.46. The molecule has 0 aromatic rings. The molecule has 1 aliphatic rings. The minimum Gasteiger partial charge on any atom is -0.314 e. The van der Waals surface area contributed by atoms with E-state index in [0.717, 1.165) is 26.2 Å². The van der Waals surface area contributed by atoms with Crippen LogP contribution in [0.5, 0.6) is 0 Å². The van der Waals surface area contributed by atoms with Gasteiger partial charge in [-0.15, -0.1) is 6.42 Å². The number of rotatable bonds is 5. The fourth-order valence-electron chi connectivity index (χ4n) is 1.55. The Morgan fingerprint density at radius 3 is 2.69 bits per heavy atom. The molecule has 0 aromatic heterocycles. The Morgan fingerprint density at radius 1 is 1.50 bits per heavy atom. The van der Waals surface area contributed by atoms with Crippen molar-refractivity contribution in [3.05, 3.63) is 0 Å². The van der Waals surface area contributed by atoms with Gasteiger partial charge in [0, 0.05) is 32.7 Å². The van der Waals surface area contributed by atoms with Gasteiger partial charge < -0.3 is 5.32 Å². The second kappa shape index (κ2) is 6.21. The first kappa shape index (κ1) is 13.5. The lowest BCUT2D eigenvalue weighted by atomic mass is 10.4. The van der Waals surface area contributed by atoms with Crippen molar-refractivity contribution in [3.8, 4) is 12.3 Å². The molecule has 0 bridgehead atoms. The van der Waals surface area contributed by atoms with Crippen LogP contribution < -0.4 is 10.0 Å². The maximum atomic E-state index is 11.6. The third-order valence-electron chi connectivity index (χ3n) is 2.49. The van der Waals surface area contributed by atoms with Gasteiger partial charge in [-0.2, -0.15) is 0 Å². The molecule has 0 aromatic carbocycles. The number of hydrogen-bond acceptors (Lipinski definition) is 4. The molecule has 6 heteroatoms. The van der Waals surface area contributed by atoms with E-state index in [1.165, 1.54) is 0 Å². The van der Waals surface area contributed by atoms with Crippen LogP contribution in [0.25, 0.3) is 0 Å². The van der Waals surface area contributed by atoms with Crippen molar-refractivity contribution in [1.29, 1.82) is 0 Å². The van der Waals surface area contributed by atoms with Gasteiger partial charge in [0.2, 0.25) is 10.0 Å². The molecule has 16 heavy (non-hydrogen) atoms. The zero-order chi connectivity index (χ0) is 12.0. The van der Waals surface area contributed by atoms with Crippen LogP contribution in [0.4, 0.5) is 0 Å². The van der Waals surface area contributed by atoms with Crippen LogP contribution in [-0.4, -0.2) is 57.8 Å². The molecule has 1 rings (SSSR count). The number of terminal acetylenes is 1. The molecule has 1 fully saturated rings. The molecular formula is C10H19N3O2S. The normalized spacial score (nSPS) is 20.2. The molecule has 0 aliphatic carbocycles. The van der Waals surface area contributed by atoms with Crippen LogP contribution in [0.2, 0.25) is 0 Å². The van der Waals surface area contributed by atoms with Crippen molar-refractivity contribution < 1.29 is 8.42 Å². The van der Waals surface area contributed by atoms with E-state index in [0.29, 0.717) is 6.54 Å². The van der Waals surface area contributed by atoms with E-state index >= 15 is 0 Å². The lowest BCUT2D eigenvalue weighted by Gasteiger charge is -2.27. The van der Waals surface area contributed by atoms with E-state index in [9.17, 15) is 8.42 Å². The number of nitrogens with zero attached hydrogens (tertiary/aromatic N) is 1. The number of sulfonamides is 1. The number of hydrogen-bond donors (Lipinski definition) is 2. The Hall–Kier alpha value is -0.610. The molecule has 1 saturated heterocycles. The number of piperazine rings is 1. The second-order valence-corrected chi connectivity index (χ2v) is 5.79. The monoisotopic (exact) mass is 245 g/mol. The first-order valence-electron chi connectivity index (χ1n) is 5.43. The molecule has 5 nitrogen and oxygen atoms in total. The highest BCUT2D eigenvalue weighted by Crippen LogP contribution is 1.95. The van der Waals surface area contributed by atoms with Crippen molar-refractivity contribution in [1.82, 2.24) is 14.9 Å². The summed E-state index contributed by atoms with van der Waals surface area (Å²) in [6, 6.07) is -0.437. The van der Waals surface area contributed by atoms with Crippen LogP contribution in [0.3, 0.4) is 0 Å². The zero-order valence-electron chi connectivity index (χ0n) is 9.57. The van der Waals surface area contributed by atoms with Crippen molar-refractivity contribution in [3.63, 3.8) is 0 Å². The third-order valence-corrected chi connectivity index (χ3v) is 3.92. The van der Waals surface area contributed by atoms with Crippen molar-refractivity contribution >= 4 is 10.0 Å². The van der Waals surface area contributed by atoms with Crippen LogP contribution >= 0.6 is 0 Å². The summed E-state index contributed by atoms with van der Waals surface area (Å²) < 4.78 is 25.6. The Balaban J connectivity index is 2.32. The van der Waals surface area contributed by atoms with Crippen molar-refractivity contribution in [2.24, 2.45) is 0 Å². The highest BCUT2D eigenvalue weighted by molar-refractivity contribution is 7.89.